The van der Waals surface area contributed by atoms with Gasteiger partial charge in [0.05, 0.1) is 25.7 Å². The summed E-state index contributed by atoms with van der Waals surface area (Å²) >= 11 is 6.25. The number of halogens is 1. The van der Waals surface area contributed by atoms with E-state index in [4.69, 9.17) is 16.3 Å². The molecule has 1 unspecified atom stereocenters. The Labute approximate surface area is 170 Å². The summed E-state index contributed by atoms with van der Waals surface area (Å²) in [5.41, 5.74) is 2.01. The number of amides is 1. The van der Waals surface area contributed by atoms with Crippen molar-refractivity contribution in [3.8, 4) is 5.75 Å². The summed E-state index contributed by atoms with van der Waals surface area (Å²) in [7, 11) is 3.46. The lowest BCUT2D eigenvalue weighted by Crippen LogP contribution is -2.45. The van der Waals surface area contributed by atoms with E-state index in [0.717, 1.165) is 23.3 Å². The Hall–Kier alpha value is -2.73. The van der Waals surface area contributed by atoms with Crippen LogP contribution in [0.4, 0.5) is 0 Å². The number of hydrogen-bond acceptors (Lipinski definition) is 3. The first-order valence-corrected chi connectivity index (χ1v) is 9.62. The van der Waals surface area contributed by atoms with Gasteiger partial charge in [0.15, 0.2) is 5.96 Å². The Morgan fingerprint density at radius 1 is 1.21 bits per heavy atom. The van der Waals surface area contributed by atoms with Gasteiger partial charge in [-0.05, 0) is 17.7 Å². The van der Waals surface area contributed by atoms with Gasteiger partial charge in [0, 0.05) is 31.1 Å². The van der Waals surface area contributed by atoms with Crippen molar-refractivity contribution in [2.45, 2.75) is 19.0 Å². The van der Waals surface area contributed by atoms with Gasteiger partial charge in [-0.25, -0.2) is 4.99 Å². The van der Waals surface area contributed by atoms with E-state index in [1.54, 1.807) is 19.0 Å². The van der Waals surface area contributed by atoms with Gasteiger partial charge in [-0.3, -0.25) is 4.79 Å². The molecule has 3 rings (SSSR count). The van der Waals surface area contributed by atoms with E-state index in [9.17, 15) is 4.79 Å². The third-order valence-electron chi connectivity index (χ3n) is 4.54. The van der Waals surface area contributed by atoms with Gasteiger partial charge >= 0.3 is 0 Å². The van der Waals surface area contributed by atoms with Crippen molar-refractivity contribution < 1.29 is 9.53 Å². The predicted molar refractivity (Wildman–Crippen MR) is 112 cm³/mol. The van der Waals surface area contributed by atoms with Crippen molar-refractivity contribution in [2.24, 2.45) is 4.99 Å². The summed E-state index contributed by atoms with van der Waals surface area (Å²) < 4.78 is 5.73. The zero-order valence-electron chi connectivity index (χ0n) is 16.1. The van der Waals surface area contributed by atoms with Crippen LogP contribution in [0.5, 0.6) is 5.75 Å². The van der Waals surface area contributed by atoms with E-state index < -0.39 is 0 Å². The van der Waals surface area contributed by atoms with Gasteiger partial charge in [-0.1, -0.05) is 48.0 Å². The van der Waals surface area contributed by atoms with Crippen LogP contribution >= 0.6 is 11.6 Å². The molecular formula is C21H25ClN4O2. The van der Waals surface area contributed by atoms with Gasteiger partial charge in [-0.2, -0.15) is 0 Å². The second kappa shape index (κ2) is 9.46. The van der Waals surface area contributed by atoms with Gasteiger partial charge in [0.25, 0.3) is 0 Å². The van der Waals surface area contributed by atoms with Crippen molar-refractivity contribution >= 4 is 23.5 Å². The monoisotopic (exact) mass is 400 g/mol. The maximum Gasteiger partial charge on any atom is 0.241 e. The minimum absolute atomic E-state index is 0.0281. The minimum Gasteiger partial charge on any atom is -0.493 e. The highest BCUT2D eigenvalue weighted by atomic mass is 35.5. The summed E-state index contributed by atoms with van der Waals surface area (Å²) in [5.74, 6) is 1.41. The maximum atomic E-state index is 12.0. The highest BCUT2D eigenvalue weighted by Crippen LogP contribution is 2.31. The number of fused-ring (bicyclic) bond motifs is 1. The fourth-order valence-corrected chi connectivity index (χ4v) is 3.11. The number of nitrogens with one attached hydrogen (secondary N) is 2. The first-order chi connectivity index (χ1) is 13.5. The van der Waals surface area contributed by atoms with Gasteiger partial charge in [-0.15, -0.1) is 0 Å². The zero-order chi connectivity index (χ0) is 19.9. The lowest BCUT2D eigenvalue weighted by atomic mass is 10.0. The summed E-state index contributed by atoms with van der Waals surface area (Å²) in [4.78, 5) is 18.2. The summed E-state index contributed by atoms with van der Waals surface area (Å²) in [6.45, 7) is 1.20. The Morgan fingerprint density at radius 3 is 2.75 bits per heavy atom. The molecule has 0 aliphatic carbocycles. The van der Waals surface area contributed by atoms with E-state index in [0.29, 0.717) is 24.1 Å². The topological polar surface area (TPSA) is 66.0 Å². The maximum absolute atomic E-state index is 12.0. The van der Waals surface area contributed by atoms with E-state index in [1.807, 2.05) is 48.5 Å². The van der Waals surface area contributed by atoms with Gasteiger partial charge in [0.1, 0.15) is 5.75 Å². The highest BCUT2D eigenvalue weighted by Gasteiger charge is 2.22. The van der Waals surface area contributed by atoms with Crippen molar-refractivity contribution in [3.63, 3.8) is 0 Å². The number of aliphatic imine (C=N–C) groups is 1. The molecule has 1 atom stereocenters. The summed E-state index contributed by atoms with van der Waals surface area (Å²) in [6.07, 6.45) is 0.811. The number of guanidine groups is 1. The number of benzene rings is 2. The molecule has 1 aliphatic rings. The fraction of sp³-hybridized carbons (Fsp3) is 0.333. The number of para-hydroxylation sites is 1. The Balaban J connectivity index is 1.77. The number of ether oxygens (including phenoxy) is 1. The molecule has 0 aromatic heterocycles. The quantitative estimate of drug-likeness (QED) is 0.598. The van der Waals surface area contributed by atoms with Crippen LogP contribution < -0.4 is 15.4 Å². The lowest BCUT2D eigenvalue weighted by Gasteiger charge is -2.28. The molecule has 2 N–H and O–H groups in total. The van der Waals surface area contributed by atoms with E-state index in [2.05, 4.69) is 15.6 Å². The highest BCUT2D eigenvalue weighted by molar-refractivity contribution is 6.31. The standard InChI is InChI=1S/C21H25ClN4O2/c1-26(2)20(27)14-24-21(23-13-15-7-3-5-9-17(15)22)25-18-11-12-28-19-10-6-4-8-16(18)19/h3-10,18H,11-14H2,1-2H3,(H2,23,24,25). The first kappa shape index (κ1) is 20.0. The van der Waals surface area contributed by atoms with Gasteiger partial charge < -0.3 is 20.3 Å². The number of hydrogen-bond donors (Lipinski definition) is 2. The SMILES string of the molecule is CN(C)C(=O)CNC(=NCc1ccccc1Cl)NC1CCOc2ccccc21. The first-order valence-electron chi connectivity index (χ1n) is 9.24. The largest absolute Gasteiger partial charge is 0.493 e. The fourth-order valence-electron chi connectivity index (χ4n) is 2.92. The summed E-state index contributed by atoms with van der Waals surface area (Å²) in [5, 5.41) is 7.25. The van der Waals surface area contributed by atoms with E-state index >= 15 is 0 Å². The number of rotatable bonds is 5. The molecule has 0 radical (unpaired) electrons. The molecule has 1 amide bonds. The Bertz CT molecular complexity index is 854. The van der Waals surface area contributed by atoms with Crippen molar-refractivity contribution in [1.82, 2.24) is 15.5 Å². The average Bonchev–Trinajstić information content (AvgIpc) is 2.71. The Kier molecular flexibility index (Phi) is 6.76. The predicted octanol–water partition coefficient (Wildman–Crippen LogP) is 2.99. The number of nitrogens with zero attached hydrogens (tertiary/aromatic N) is 2. The molecule has 7 heteroatoms. The molecule has 2 aromatic carbocycles. The lowest BCUT2D eigenvalue weighted by molar-refractivity contribution is -0.127. The third kappa shape index (κ3) is 5.16. The second-order valence-corrected chi connectivity index (χ2v) is 7.18. The molecule has 0 saturated heterocycles. The minimum atomic E-state index is -0.0281. The molecule has 1 heterocycles. The van der Waals surface area contributed by atoms with Crippen LogP contribution in [-0.2, 0) is 11.3 Å². The van der Waals surface area contributed by atoms with Crippen LogP contribution in [0.3, 0.4) is 0 Å². The van der Waals surface area contributed by atoms with E-state index in [-0.39, 0.29) is 18.5 Å². The van der Waals surface area contributed by atoms with Crippen molar-refractivity contribution in [1.29, 1.82) is 0 Å². The molecule has 28 heavy (non-hydrogen) atoms. The van der Waals surface area contributed by atoms with Crippen molar-refractivity contribution in [2.75, 3.05) is 27.2 Å². The van der Waals surface area contributed by atoms with E-state index in [1.165, 1.54) is 0 Å². The second-order valence-electron chi connectivity index (χ2n) is 6.77. The van der Waals surface area contributed by atoms with Crippen LogP contribution in [-0.4, -0.2) is 44.0 Å². The molecule has 0 saturated carbocycles. The average molecular weight is 401 g/mol. The zero-order valence-corrected chi connectivity index (χ0v) is 16.9. The molecule has 148 valence electrons. The molecule has 0 fully saturated rings. The molecule has 2 aromatic rings. The number of carbonyl (C=O) groups is 1. The third-order valence-corrected chi connectivity index (χ3v) is 4.91. The van der Waals surface area contributed by atoms with Crippen LogP contribution in [0.25, 0.3) is 0 Å². The van der Waals surface area contributed by atoms with Crippen LogP contribution in [0.1, 0.15) is 23.6 Å². The molecular weight excluding hydrogens is 376 g/mol. The molecule has 1 aliphatic heterocycles. The van der Waals surface area contributed by atoms with Crippen LogP contribution in [0, 0.1) is 0 Å². The Morgan fingerprint density at radius 2 is 1.96 bits per heavy atom. The number of carbonyl (C=O) groups excluding carboxylic acids is 1. The molecule has 0 spiro atoms. The normalized spacial score (nSPS) is 16.0. The van der Waals surface area contributed by atoms with Crippen LogP contribution in [0.2, 0.25) is 5.02 Å². The molecule has 0 bridgehead atoms. The van der Waals surface area contributed by atoms with Gasteiger partial charge in [0.2, 0.25) is 5.91 Å². The molecule has 6 nitrogen and oxygen atoms in total. The summed E-state index contributed by atoms with van der Waals surface area (Å²) in [6, 6.07) is 15.6. The smallest absolute Gasteiger partial charge is 0.241 e. The number of likely N-dealkylation sites (N-methyl/N-ethyl adjacent to an activating group) is 1. The van der Waals surface area contributed by atoms with Crippen LogP contribution in [0.15, 0.2) is 53.5 Å². The van der Waals surface area contributed by atoms with Crippen molar-refractivity contribution in [3.05, 3.63) is 64.7 Å².